The minimum absolute atomic E-state index is 0.239. The summed E-state index contributed by atoms with van der Waals surface area (Å²) < 4.78 is 16.2. The minimum Gasteiger partial charge on any atom is -0.493 e. The Bertz CT molecular complexity index is 1040. The summed E-state index contributed by atoms with van der Waals surface area (Å²) in [6.07, 6.45) is 3.61. The van der Waals surface area contributed by atoms with E-state index in [2.05, 4.69) is 10.6 Å². The lowest BCUT2D eigenvalue weighted by Crippen LogP contribution is -2.30. The third-order valence-electron chi connectivity index (χ3n) is 5.30. The van der Waals surface area contributed by atoms with Crippen molar-refractivity contribution < 1.29 is 23.8 Å². The first-order chi connectivity index (χ1) is 16.0. The molecule has 0 aromatic heterocycles. The first kappa shape index (κ1) is 23.8. The normalized spacial score (nSPS) is 13.1. The smallest absolute Gasteiger partial charge is 0.337 e. The van der Waals surface area contributed by atoms with Gasteiger partial charge in [0.05, 0.1) is 19.8 Å². The molecule has 0 unspecified atom stereocenters. The van der Waals surface area contributed by atoms with Crippen molar-refractivity contribution in [1.82, 2.24) is 10.6 Å². The highest BCUT2D eigenvalue weighted by atomic mass is 16.5. The number of hydrogen-bond acceptors (Lipinski definition) is 7. The molecule has 2 aromatic carbocycles. The SMILES string of the molecule is CN/C(=C\C(=N)C1CC1)C(=O)NCc1cccc(OCc2ccc(C(=O)OC)cc2)c1OC. The van der Waals surface area contributed by atoms with Gasteiger partial charge in [0.15, 0.2) is 11.5 Å². The maximum absolute atomic E-state index is 12.6. The van der Waals surface area contributed by atoms with E-state index in [-0.39, 0.29) is 30.9 Å². The quantitative estimate of drug-likeness (QED) is 0.275. The highest BCUT2D eigenvalue weighted by Gasteiger charge is 2.26. The highest BCUT2D eigenvalue weighted by molar-refractivity contribution is 6.04. The van der Waals surface area contributed by atoms with Crippen molar-refractivity contribution in [1.29, 1.82) is 5.41 Å². The predicted molar refractivity (Wildman–Crippen MR) is 125 cm³/mol. The average Bonchev–Trinajstić information content (AvgIpc) is 3.69. The molecule has 0 saturated heterocycles. The molecular weight excluding hydrogens is 422 g/mol. The van der Waals surface area contributed by atoms with Crippen LogP contribution in [-0.2, 0) is 22.7 Å². The zero-order valence-corrected chi connectivity index (χ0v) is 19.1. The standard InChI is InChI=1S/C25H29N3O5/c1-27-21(13-20(26)17-11-12-17)24(29)28-14-19-5-4-6-22(23(19)31-2)33-15-16-7-9-18(10-8-16)25(30)32-3/h4-10,13,17,26-27H,11-12,14-15H2,1-3H3,(H,28,29)/b21-13-,26-20?. The monoisotopic (exact) mass is 451 g/mol. The number of likely N-dealkylation sites (N-methyl/N-ethyl adjacent to an activating group) is 1. The Balaban J connectivity index is 1.64. The number of esters is 1. The van der Waals surface area contributed by atoms with Gasteiger partial charge < -0.3 is 30.3 Å². The average molecular weight is 452 g/mol. The van der Waals surface area contributed by atoms with Crippen molar-refractivity contribution in [2.45, 2.75) is 26.0 Å². The summed E-state index contributed by atoms with van der Waals surface area (Å²) >= 11 is 0. The van der Waals surface area contributed by atoms with Crippen LogP contribution in [0, 0.1) is 11.3 Å². The Kier molecular flexibility index (Phi) is 8.07. The molecule has 3 N–H and O–H groups in total. The second-order valence-corrected chi connectivity index (χ2v) is 7.65. The first-order valence-electron chi connectivity index (χ1n) is 10.7. The Labute approximate surface area is 193 Å². The fourth-order valence-electron chi connectivity index (χ4n) is 3.25. The Morgan fingerprint density at radius 2 is 1.85 bits per heavy atom. The maximum Gasteiger partial charge on any atom is 0.337 e. The molecule has 0 spiro atoms. The van der Waals surface area contributed by atoms with Crippen LogP contribution < -0.4 is 20.1 Å². The second kappa shape index (κ2) is 11.2. The number of para-hydroxylation sites is 1. The molecule has 0 aliphatic heterocycles. The van der Waals surface area contributed by atoms with Crippen LogP contribution in [-0.4, -0.2) is 38.9 Å². The lowest BCUT2D eigenvalue weighted by atomic mass is 10.1. The Morgan fingerprint density at radius 3 is 2.45 bits per heavy atom. The van der Waals surface area contributed by atoms with Crippen molar-refractivity contribution in [2.75, 3.05) is 21.3 Å². The van der Waals surface area contributed by atoms with Gasteiger partial charge in [0, 0.05) is 30.8 Å². The summed E-state index contributed by atoms with van der Waals surface area (Å²) in [5.41, 5.74) is 2.94. The van der Waals surface area contributed by atoms with Crippen LogP contribution in [0.3, 0.4) is 0 Å². The summed E-state index contributed by atoms with van der Waals surface area (Å²) in [5.74, 6) is 0.666. The summed E-state index contributed by atoms with van der Waals surface area (Å²) in [6.45, 7) is 0.520. The molecule has 1 aliphatic carbocycles. The van der Waals surface area contributed by atoms with E-state index in [1.165, 1.54) is 7.11 Å². The van der Waals surface area contributed by atoms with Crippen molar-refractivity contribution >= 4 is 17.6 Å². The molecule has 3 rings (SSSR count). The molecule has 174 valence electrons. The number of methoxy groups -OCH3 is 2. The number of benzene rings is 2. The van der Waals surface area contributed by atoms with E-state index in [4.69, 9.17) is 19.6 Å². The number of allylic oxidation sites excluding steroid dienone is 1. The molecule has 0 atom stereocenters. The van der Waals surface area contributed by atoms with Gasteiger partial charge in [-0.2, -0.15) is 0 Å². The Hall–Kier alpha value is -3.81. The summed E-state index contributed by atoms with van der Waals surface area (Å²) in [6, 6.07) is 12.4. The van der Waals surface area contributed by atoms with Crippen LogP contribution >= 0.6 is 0 Å². The minimum atomic E-state index is -0.389. The number of rotatable bonds is 11. The van der Waals surface area contributed by atoms with Crippen LogP contribution in [0.2, 0.25) is 0 Å². The van der Waals surface area contributed by atoms with Gasteiger partial charge in [-0.3, -0.25) is 4.79 Å². The van der Waals surface area contributed by atoms with E-state index in [1.807, 2.05) is 12.1 Å². The van der Waals surface area contributed by atoms with Crippen molar-refractivity contribution in [2.24, 2.45) is 5.92 Å². The Morgan fingerprint density at radius 1 is 1.12 bits per heavy atom. The van der Waals surface area contributed by atoms with Gasteiger partial charge in [-0.25, -0.2) is 4.79 Å². The fraction of sp³-hybridized carbons (Fsp3) is 0.320. The molecule has 0 bridgehead atoms. The maximum atomic E-state index is 12.6. The van der Waals surface area contributed by atoms with E-state index in [0.29, 0.717) is 28.5 Å². The van der Waals surface area contributed by atoms with Crippen LogP contribution in [0.25, 0.3) is 0 Å². The lowest BCUT2D eigenvalue weighted by Gasteiger charge is -2.15. The summed E-state index contributed by atoms with van der Waals surface area (Å²) in [4.78, 5) is 24.1. The number of nitrogens with one attached hydrogen (secondary N) is 3. The van der Waals surface area contributed by atoms with E-state index < -0.39 is 0 Å². The molecule has 1 amide bonds. The molecule has 33 heavy (non-hydrogen) atoms. The predicted octanol–water partition coefficient (Wildman–Crippen LogP) is 3.21. The molecule has 8 heteroatoms. The first-order valence-corrected chi connectivity index (χ1v) is 10.7. The topological polar surface area (TPSA) is 110 Å². The van der Waals surface area contributed by atoms with Crippen LogP contribution in [0.15, 0.2) is 54.2 Å². The highest BCUT2D eigenvalue weighted by Crippen LogP contribution is 2.32. The number of carbonyl (C=O) groups excluding carboxylic acids is 2. The molecule has 1 aliphatic rings. The molecule has 1 fully saturated rings. The largest absolute Gasteiger partial charge is 0.493 e. The third-order valence-corrected chi connectivity index (χ3v) is 5.30. The van der Waals surface area contributed by atoms with Crippen molar-refractivity contribution in [3.05, 3.63) is 70.9 Å². The number of hydrogen-bond donors (Lipinski definition) is 3. The van der Waals surface area contributed by atoms with Gasteiger partial charge in [0.25, 0.3) is 5.91 Å². The number of ether oxygens (including phenoxy) is 3. The fourth-order valence-corrected chi connectivity index (χ4v) is 3.25. The lowest BCUT2D eigenvalue weighted by molar-refractivity contribution is -0.118. The van der Waals surface area contributed by atoms with E-state index >= 15 is 0 Å². The molecule has 0 radical (unpaired) electrons. The molecule has 2 aromatic rings. The van der Waals surface area contributed by atoms with Gasteiger partial charge in [-0.15, -0.1) is 0 Å². The van der Waals surface area contributed by atoms with Gasteiger partial charge in [-0.1, -0.05) is 24.3 Å². The number of carbonyl (C=O) groups is 2. The molecule has 0 heterocycles. The van der Waals surface area contributed by atoms with E-state index in [1.54, 1.807) is 50.6 Å². The second-order valence-electron chi connectivity index (χ2n) is 7.65. The molecule has 8 nitrogen and oxygen atoms in total. The zero-order chi connectivity index (χ0) is 23.8. The van der Waals surface area contributed by atoms with E-state index in [0.717, 1.165) is 24.0 Å². The van der Waals surface area contributed by atoms with Crippen LogP contribution in [0.5, 0.6) is 11.5 Å². The molecule has 1 saturated carbocycles. The van der Waals surface area contributed by atoms with Gasteiger partial charge in [-0.05, 0) is 42.7 Å². The van der Waals surface area contributed by atoms with Gasteiger partial charge >= 0.3 is 5.97 Å². The summed E-state index contributed by atoms with van der Waals surface area (Å²) in [7, 11) is 4.56. The third kappa shape index (κ3) is 6.35. The van der Waals surface area contributed by atoms with Crippen LogP contribution in [0.4, 0.5) is 0 Å². The van der Waals surface area contributed by atoms with E-state index in [9.17, 15) is 9.59 Å². The van der Waals surface area contributed by atoms with Crippen molar-refractivity contribution in [3.8, 4) is 11.5 Å². The van der Waals surface area contributed by atoms with Gasteiger partial charge in [0.2, 0.25) is 0 Å². The zero-order valence-electron chi connectivity index (χ0n) is 19.1. The van der Waals surface area contributed by atoms with Crippen molar-refractivity contribution in [3.63, 3.8) is 0 Å². The van der Waals surface area contributed by atoms with Gasteiger partial charge in [0.1, 0.15) is 12.3 Å². The summed E-state index contributed by atoms with van der Waals surface area (Å²) in [5, 5.41) is 13.8. The number of amides is 1. The van der Waals surface area contributed by atoms with Crippen LogP contribution in [0.1, 0.15) is 34.3 Å². The molecular formula is C25H29N3O5.